The predicted octanol–water partition coefficient (Wildman–Crippen LogP) is 3.60. The standard InChI is InChI=1S/C27H27N5O4/c1-30-16-20(19-5-2-3-6-22(19)30)21-14-26-31(27(34)10-12-32(26)29-21)11-4-7-25(33)28-15-18-8-9-23-24(13-18)36-17-35-23/h2-3,5-6,8-9,13-14,16H,4,7,10-12,15,17H2,1H3,(H,28,33). The molecule has 0 bridgehead atoms. The van der Waals surface area contributed by atoms with Crippen LogP contribution in [0.15, 0.2) is 54.7 Å². The number of anilines is 1. The van der Waals surface area contributed by atoms with Crippen LogP contribution in [0.4, 0.5) is 5.82 Å². The second-order valence-electron chi connectivity index (χ2n) is 9.15. The number of nitrogens with zero attached hydrogens (tertiary/aromatic N) is 4. The summed E-state index contributed by atoms with van der Waals surface area (Å²) in [6.07, 6.45) is 3.38. The number of hydrogen-bond acceptors (Lipinski definition) is 5. The van der Waals surface area contributed by atoms with Crippen LogP contribution in [-0.4, -0.2) is 39.5 Å². The van der Waals surface area contributed by atoms with E-state index in [0.717, 1.165) is 39.3 Å². The minimum Gasteiger partial charge on any atom is -0.454 e. The summed E-state index contributed by atoms with van der Waals surface area (Å²) in [7, 11) is 2.02. The molecule has 184 valence electrons. The molecule has 2 amide bonds. The molecule has 4 aromatic rings. The van der Waals surface area contributed by atoms with Crippen LogP contribution < -0.4 is 19.7 Å². The van der Waals surface area contributed by atoms with E-state index >= 15 is 0 Å². The Labute approximate surface area is 208 Å². The number of hydrogen-bond donors (Lipinski definition) is 1. The molecule has 0 spiro atoms. The smallest absolute Gasteiger partial charge is 0.231 e. The van der Waals surface area contributed by atoms with Crippen molar-refractivity contribution in [2.24, 2.45) is 7.05 Å². The normalized spacial score (nSPS) is 14.4. The first-order chi connectivity index (χ1) is 17.6. The van der Waals surface area contributed by atoms with Gasteiger partial charge in [0.25, 0.3) is 0 Å². The maximum atomic E-state index is 12.8. The number of ether oxygens (including phenoxy) is 2. The fraction of sp³-hybridized carbons (Fsp3) is 0.296. The lowest BCUT2D eigenvalue weighted by atomic mass is 10.1. The van der Waals surface area contributed by atoms with E-state index in [-0.39, 0.29) is 18.6 Å². The minimum absolute atomic E-state index is 0.0536. The molecule has 2 aromatic carbocycles. The van der Waals surface area contributed by atoms with Crippen molar-refractivity contribution in [3.8, 4) is 22.8 Å². The molecule has 36 heavy (non-hydrogen) atoms. The highest BCUT2D eigenvalue weighted by molar-refractivity contribution is 5.98. The third kappa shape index (κ3) is 4.06. The Balaban J connectivity index is 1.10. The van der Waals surface area contributed by atoms with Gasteiger partial charge in [-0.3, -0.25) is 14.5 Å². The molecule has 0 saturated heterocycles. The van der Waals surface area contributed by atoms with Crippen molar-refractivity contribution in [2.75, 3.05) is 18.2 Å². The van der Waals surface area contributed by atoms with Gasteiger partial charge in [0.15, 0.2) is 11.5 Å². The number of para-hydroxylation sites is 1. The Morgan fingerprint density at radius 3 is 2.89 bits per heavy atom. The number of aryl methyl sites for hydroxylation is 2. The van der Waals surface area contributed by atoms with Gasteiger partial charge in [0.2, 0.25) is 18.6 Å². The third-order valence-electron chi connectivity index (χ3n) is 6.76. The quantitative estimate of drug-likeness (QED) is 0.432. The SMILES string of the molecule is Cn1cc(-c2cc3n(n2)CCC(=O)N3CCCC(=O)NCc2ccc3c(c2)OCO3)c2ccccc21. The van der Waals surface area contributed by atoms with Gasteiger partial charge in [-0.1, -0.05) is 24.3 Å². The fourth-order valence-corrected chi connectivity index (χ4v) is 4.91. The highest BCUT2D eigenvalue weighted by Gasteiger charge is 2.27. The first-order valence-electron chi connectivity index (χ1n) is 12.1. The van der Waals surface area contributed by atoms with E-state index in [9.17, 15) is 9.59 Å². The molecule has 6 rings (SSSR count). The number of carbonyl (C=O) groups is 2. The van der Waals surface area contributed by atoms with Gasteiger partial charge in [0.05, 0.1) is 12.2 Å². The van der Waals surface area contributed by atoms with E-state index in [4.69, 9.17) is 14.6 Å². The van der Waals surface area contributed by atoms with Gasteiger partial charge in [-0.2, -0.15) is 5.10 Å². The molecule has 0 unspecified atom stereocenters. The predicted molar refractivity (Wildman–Crippen MR) is 135 cm³/mol. The van der Waals surface area contributed by atoms with Crippen LogP contribution in [0.3, 0.4) is 0 Å². The summed E-state index contributed by atoms with van der Waals surface area (Å²) < 4.78 is 14.7. The molecule has 0 radical (unpaired) electrons. The van der Waals surface area contributed by atoms with Crippen LogP contribution in [0.5, 0.6) is 11.5 Å². The van der Waals surface area contributed by atoms with Crippen LogP contribution in [0.1, 0.15) is 24.8 Å². The second kappa shape index (κ2) is 9.07. The van der Waals surface area contributed by atoms with Gasteiger partial charge in [0, 0.05) is 61.7 Å². The van der Waals surface area contributed by atoms with Crippen LogP contribution in [0.2, 0.25) is 0 Å². The number of fused-ring (bicyclic) bond motifs is 3. The summed E-state index contributed by atoms with van der Waals surface area (Å²) in [5.41, 5.74) is 3.98. The number of carbonyl (C=O) groups excluding carboxylic acids is 2. The van der Waals surface area contributed by atoms with Crippen LogP contribution >= 0.6 is 0 Å². The molecule has 4 heterocycles. The van der Waals surface area contributed by atoms with Crippen molar-refractivity contribution >= 4 is 28.5 Å². The van der Waals surface area contributed by atoms with Crippen molar-refractivity contribution in [3.05, 3.63) is 60.3 Å². The van der Waals surface area contributed by atoms with Gasteiger partial charge >= 0.3 is 0 Å². The van der Waals surface area contributed by atoms with Crippen LogP contribution in [-0.2, 0) is 29.7 Å². The lowest BCUT2D eigenvalue weighted by Gasteiger charge is -2.27. The van der Waals surface area contributed by atoms with Crippen molar-refractivity contribution in [2.45, 2.75) is 32.4 Å². The third-order valence-corrected chi connectivity index (χ3v) is 6.76. The van der Waals surface area contributed by atoms with E-state index in [1.165, 1.54) is 0 Å². The van der Waals surface area contributed by atoms with Gasteiger partial charge in [-0.25, -0.2) is 4.68 Å². The Bertz CT molecular complexity index is 1470. The summed E-state index contributed by atoms with van der Waals surface area (Å²) in [5.74, 6) is 2.22. The number of amides is 2. The highest BCUT2D eigenvalue weighted by atomic mass is 16.7. The minimum atomic E-state index is -0.0536. The molecule has 9 heteroatoms. The number of benzene rings is 2. The lowest BCUT2D eigenvalue weighted by Crippen LogP contribution is -2.38. The highest BCUT2D eigenvalue weighted by Crippen LogP contribution is 2.34. The summed E-state index contributed by atoms with van der Waals surface area (Å²) in [4.78, 5) is 27.0. The van der Waals surface area contributed by atoms with Crippen molar-refractivity contribution in [1.29, 1.82) is 0 Å². The average Bonchev–Trinajstić information content (AvgIpc) is 3.61. The molecular weight excluding hydrogens is 458 g/mol. The fourth-order valence-electron chi connectivity index (χ4n) is 4.91. The van der Waals surface area contributed by atoms with Gasteiger partial charge in [-0.05, 0) is 30.2 Å². The Morgan fingerprint density at radius 1 is 1.11 bits per heavy atom. The lowest BCUT2D eigenvalue weighted by molar-refractivity contribution is -0.122. The molecule has 0 fully saturated rings. The van der Waals surface area contributed by atoms with Crippen LogP contribution in [0, 0.1) is 0 Å². The van der Waals surface area contributed by atoms with Crippen LogP contribution in [0.25, 0.3) is 22.2 Å². The maximum Gasteiger partial charge on any atom is 0.231 e. The summed E-state index contributed by atoms with van der Waals surface area (Å²) in [5, 5.41) is 8.89. The first-order valence-corrected chi connectivity index (χ1v) is 12.1. The van der Waals surface area contributed by atoms with E-state index in [0.29, 0.717) is 44.6 Å². The Hall–Kier alpha value is -4.27. The molecule has 0 aliphatic carbocycles. The summed E-state index contributed by atoms with van der Waals surface area (Å²) in [6.45, 7) is 1.67. The summed E-state index contributed by atoms with van der Waals surface area (Å²) >= 11 is 0. The molecule has 2 aliphatic heterocycles. The Kier molecular flexibility index (Phi) is 5.59. The molecule has 2 aliphatic rings. The number of aromatic nitrogens is 3. The first kappa shape index (κ1) is 22.2. The molecular formula is C27H27N5O4. The zero-order valence-corrected chi connectivity index (χ0v) is 20.1. The van der Waals surface area contributed by atoms with E-state index in [1.54, 1.807) is 4.90 Å². The van der Waals surface area contributed by atoms with Crippen molar-refractivity contribution in [1.82, 2.24) is 19.7 Å². The van der Waals surface area contributed by atoms with E-state index in [1.807, 2.05) is 48.1 Å². The molecule has 1 N–H and O–H groups in total. The summed E-state index contributed by atoms with van der Waals surface area (Å²) in [6, 6.07) is 15.8. The monoisotopic (exact) mass is 485 g/mol. The Morgan fingerprint density at radius 2 is 1.97 bits per heavy atom. The second-order valence-corrected chi connectivity index (χ2v) is 9.15. The van der Waals surface area contributed by atoms with Crippen molar-refractivity contribution < 1.29 is 19.1 Å². The molecule has 9 nitrogen and oxygen atoms in total. The molecule has 2 aromatic heterocycles. The maximum absolute atomic E-state index is 12.8. The van der Waals surface area contributed by atoms with Crippen molar-refractivity contribution in [3.63, 3.8) is 0 Å². The van der Waals surface area contributed by atoms with Gasteiger partial charge in [0.1, 0.15) is 5.82 Å². The molecule has 0 saturated carbocycles. The van der Waals surface area contributed by atoms with Gasteiger partial charge in [-0.15, -0.1) is 0 Å². The average molecular weight is 486 g/mol. The topological polar surface area (TPSA) is 90.6 Å². The molecule has 0 atom stereocenters. The number of rotatable bonds is 7. The van der Waals surface area contributed by atoms with Gasteiger partial charge < -0.3 is 19.4 Å². The zero-order chi connectivity index (χ0) is 24.6. The van der Waals surface area contributed by atoms with E-state index < -0.39 is 0 Å². The largest absolute Gasteiger partial charge is 0.454 e. The number of nitrogens with one attached hydrogen (secondary N) is 1. The van der Waals surface area contributed by atoms with E-state index in [2.05, 4.69) is 28.2 Å². The zero-order valence-electron chi connectivity index (χ0n) is 20.1.